The highest BCUT2D eigenvalue weighted by atomic mass is 32.3. The van der Waals surface area contributed by atoms with E-state index in [1.807, 2.05) is 0 Å². The quantitative estimate of drug-likeness (QED) is 0.405. The normalized spacial score (nSPS) is 18.0. The topological polar surface area (TPSA) is 87.0 Å². The fourth-order valence-electron chi connectivity index (χ4n) is 0.112. The van der Waals surface area contributed by atoms with Crippen molar-refractivity contribution in [1.29, 1.82) is 0 Å². The van der Waals surface area contributed by atoms with Crippen molar-refractivity contribution in [3.63, 3.8) is 0 Å². The average molecular weight is 172 g/mol. The minimum Gasteiger partial charge on any atom is -0.286 e. The predicted octanol–water partition coefficient (Wildman–Crippen LogP) is 0.956. The van der Waals surface area contributed by atoms with Crippen molar-refractivity contribution in [3.05, 3.63) is 0 Å². The molecule has 0 aliphatic carbocycles. The van der Waals surface area contributed by atoms with Gasteiger partial charge in [0.05, 0.1) is 4.75 Å². The molecule has 3 N–H and O–H groups in total. The van der Waals surface area contributed by atoms with E-state index < -0.39 is 14.7 Å². The van der Waals surface area contributed by atoms with Gasteiger partial charge < -0.3 is 0 Å². The molecule has 0 aromatic rings. The molecule has 0 aliphatic heterocycles. The molecule has 0 spiro atoms. The summed E-state index contributed by atoms with van der Waals surface area (Å²) in [5, 5.41) is 7.92. The van der Waals surface area contributed by atoms with Crippen molar-refractivity contribution in [1.82, 2.24) is 0 Å². The van der Waals surface area contributed by atoms with Gasteiger partial charge in [0.1, 0.15) is 0 Å². The van der Waals surface area contributed by atoms with Gasteiger partial charge in [-0.05, 0) is 20.8 Å². The maximum atomic E-state index is 10.8. The number of hydrogen-bond acceptors (Lipinski definition) is 3. The second kappa shape index (κ2) is 1.99. The van der Waals surface area contributed by atoms with Gasteiger partial charge in [0.2, 0.25) is 9.91 Å². The van der Waals surface area contributed by atoms with Crippen molar-refractivity contribution in [2.45, 2.75) is 25.5 Å². The molecule has 0 saturated heterocycles. The monoisotopic (exact) mass is 172 g/mol. The van der Waals surface area contributed by atoms with Crippen LogP contribution in [0.5, 0.6) is 0 Å². The summed E-state index contributed by atoms with van der Waals surface area (Å²) in [7, 11) is -5.29. The molecule has 0 amide bonds. The largest absolute Gasteiger partial charge is 0.286 e. The molecular weight excluding hydrogens is 160 g/mol. The Hall–Kier alpha value is -0.0100. The van der Waals surface area contributed by atoms with Crippen LogP contribution in [0.1, 0.15) is 20.8 Å². The van der Waals surface area contributed by atoms with Gasteiger partial charge >= 0.3 is 0 Å². The molecule has 0 aromatic heterocycles. The fraction of sp³-hybridized carbons (Fsp3) is 1.00. The minimum absolute atomic E-state index is 1.26. The van der Waals surface area contributed by atoms with Crippen LogP contribution in [0.4, 0.5) is 0 Å². The molecule has 10 heavy (non-hydrogen) atoms. The van der Waals surface area contributed by atoms with E-state index in [1.165, 1.54) is 20.8 Å². The summed E-state index contributed by atoms with van der Waals surface area (Å²) in [5.41, 5.74) is 0. The summed E-state index contributed by atoms with van der Waals surface area (Å²) >= 11 is 0. The third-order valence-electron chi connectivity index (χ3n) is 1.18. The van der Waals surface area contributed by atoms with Crippen molar-refractivity contribution >= 4 is 9.91 Å². The third-order valence-corrected chi connectivity index (χ3v) is 3.55. The Morgan fingerprint density at radius 2 is 1.60 bits per heavy atom. The van der Waals surface area contributed by atoms with E-state index in [2.05, 4.69) is 4.33 Å². The van der Waals surface area contributed by atoms with Crippen molar-refractivity contribution in [3.8, 4) is 0 Å². The van der Waals surface area contributed by atoms with Crippen molar-refractivity contribution < 1.29 is 22.9 Å². The van der Waals surface area contributed by atoms with Gasteiger partial charge in [-0.25, -0.2) is 9.47 Å². The van der Waals surface area contributed by atoms with Crippen LogP contribution >= 0.6 is 0 Å². The second-order valence-corrected chi connectivity index (χ2v) is 5.95. The molecule has 0 unspecified atom stereocenters. The maximum absolute atomic E-state index is 10.8. The van der Waals surface area contributed by atoms with Crippen LogP contribution in [0.2, 0.25) is 0 Å². The molecule has 0 radical (unpaired) electrons. The lowest BCUT2D eigenvalue weighted by Gasteiger charge is -2.37. The smallest absolute Gasteiger partial charge is 0.219 e. The summed E-state index contributed by atoms with van der Waals surface area (Å²) in [6, 6.07) is 0. The highest BCUT2D eigenvalue weighted by Gasteiger charge is 2.46. The van der Waals surface area contributed by atoms with Gasteiger partial charge in [0, 0.05) is 0 Å². The number of hydrogen-bond donors (Lipinski definition) is 3. The van der Waals surface area contributed by atoms with Crippen LogP contribution in [0.15, 0.2) is 0 Å². The van der Waals surface area contributed by atoms with Crippen LogP contribution in [0.25, 0.3) is 0 Å². The summed E-state index contributed by atoms with van der Waals surface area (Å²) in [6.45, 7) is 3.79. The molecule has 5 nitrogen and oxygen atoms in total. The zero-order valence-electron chi connectivity index (χ0n) is 6.07. The molecule has 0 heterocycles. The minimum atomic E-state index is -5.29. The first kappa shape index (κ1) is 9.99. The lowest BCUT2D eigenvalue weighted by molar-refractivity contribution is -0.159. The number of rotatable bonds is 1. The maximum Gasteiger partial charge on any atom is 0.219 e. The average Bonchev–Trinajstić information content (AvgIpc) is 1.62. The molecule has 0 aromatic carbocycles. The van der Waals surface area contributed by atoms with Crippen LogP contribution in [-0.2, 0) is 14.2 Å². The van der Waals surface area contributed by atoms with E-state index in [-0.39, 0.29) is 0 Å². The van der Waals surface area contributed by atoms with Gasteiger partial charge in [-0.3, -0.25) is 9.11 Å². The Morgan fingerprint density at radius 3 is 1.60 bits per heavy atom. The Balaban J connectivity index is 4.91. The molecule has 0 rings (SSSR count). The van der Waals surface area contributed by atoms with Crippen LogP contribution in [0, 0.1) is 0 Å². The Kier molecular flexibility index (Phi) is 1.99. The molecular formula is C4H12O5S. The van der Waals surface area contributed by atoms with Crippen molar-refractivity contribution in [2.75, 3.05) is 0 Å². The summed E-state index contributed by atoms with van der Waals surface area (Å²) in [5.74, 6) is 0. The van der Waals surface area contributed by atoms with Gasteiger partial charge in [0.25, 0.3) is 0 Å². The Morgan fingerprint density at radius 1 is 1.30 bits per heavy atom. The molecule has 64 valence electrons. The molecule has 0 fully saturated rings. The first-order chi connectivity index (χ1) is 4.09. The van der Waals surface area contributed by atoms with E-state index in [0.29, 0.717) is 0 Å². The van der Waals surface area contributed by atoms with Gasteiger partial charge in [0.15, 0.2) is 0 Å². The molecule has 0 bridgehead atoms. The Labute approximate surface area is 59.2 Å². The zero-order chi connectivity index (χ0) is 8.65. The lowest BCUT2D eigenvalue weighted by Crippen LogP contribution is -2.50. The second-order valence-electron chi connectivity index (χ2n) is 2.98. The van der Waals surface area contributed by atoms with E-state index in [9.17, 15) is 4.21 Å². The SMILES string of the molecule is CC(C)(C)S(=O)(O)(O)OO. The zero-order valence-corrected chi connectivity index (χ0v) is 6.88. The standard InChI is InChI=1S/C4H12O5S/c1-4(2,3)10(6,7,8)9-5/h5H,1-3H3,(H2,6,7,8). The summed E-state index contributed by atoms with van der Waals surface area (Å²) < 4.78 is 30.1. The van der Waals surface area contributed by atoms with Crippen molar-refractivity contribution in [2.24, 2.45) is 0 Å². The fourth-order valence-corrected chi connectivity index (χ4v) is 0.335. The first-order valence-electron chi connectivity index (χ1n) is 2.59. The van der Waals surface area contributed by atoms with Crippen LogP contribution < -0.4 is 0 Å². The highest BCUT2D eigenvalue weighted by molar-refractivity contribution is 8.07. The van der Waals surface area contributed by atoms with Gasteiger partial charge in [-0.2, -0.15) is 0 Å². The molecule has 0 aliphatic rings. The Bertz CT molecular complexity index is 184. The van der Waals surface area contributed by atoms with E-state index in [1.54, 1.807) is 0 Å². The lowest BCUT2D eigenvalue weighted by atomic mass is 10.3. The molecule has 0 atom stereocenters. The van der Waals surface area contributed by atoms with E-state index in [0.717, 1.165) is 0 Å². The summed E-state index contributed by atoms with van der Waals surface area (Å²) in [4.78, 5) is 0. The van der Waals surface area contributed by atoms with Gasteiger partial charge in [-0.15, -0.1) is 4.33 Å². The predicted molar refractivity (Wildman–Crippen MR) is 36.9 cm³/mol. The first-order valence-corrected chi connectivity index (χ1v) is 4.39. The van der Waals surface area contributed by atoms with E-state index >= 15 is 0 Å². The third kappa shape index (κ3) is 1.53. The highest BCUT2D eigenvalue weighted by Crippen LogP contribution is 2.33. The van der Waals surface area contributed by atoms with E-state index in [4.69, 9.17) is 14.4 Å². The van der Waals surface area contributed by atoms with Gasteiger partial charge in [-0.1, -0.05) is 0 Å². The molecule has 6 heteroatoms. The van der Waals surface area contributed by atoms with Crippen LogP contribution in [0.3, 0.4) is 0 Å². The molecule has 0 saturated carbocycles. The van der Waals surface area contributed by atoms with Crippen LogP contribution in [-0.4, -0.2) is 23.3 Å². The summed E-state index contributed by atoms with van der Waals surface area (Å²) in [6.07, 6.45) is 0.